The van der Waals surface area contributed by atoms with E-state index < -0.39 is 0 Å². The maximum absolute atomic E-state index is 5.33. The molecule has 1 aromatic carbocycles. The number of benzene rings is 1. The van der Waals surface area contributed by atoms with Gasteiger partial charge in [0, 0.05) is 25.0 Å². The maximum Gasteiger partial charge on any atom is 0.231 e. The number of ether oxygens (including phenoxy) is 2. The summed E-state index contributed by atoms with van der Waals surface area (Å²) in [7, 11) is 1.77. The summed E-state index contributed by atoms with van der Waals surface area (Å²) in [5.74, 6) is 2.71. The van der Waals surface area contributed by atoms with E-state index in [-0.39, 0.29) is 6.79 Å². The van der Waals surface area contributed by atoms with Crippen molar-refractivity contribution >= 4 is 33.4 Å². The third-order valence-electron chi connectivity index (χ3n) is 2.60. The van der Waals surface area contributed by atoms with Crippen LogP contribution in [0.15, 0.2) is 28.9 Å². The summed E-state index contributed by atoms with van der Waals surface area (Å²) in [6.07, 6.45) is 1.69. The molecule has 0 aliphatic carbocycles. The largest absolute Gasteiger partial charge is 0.454 e. The third-order valence-corrected chi connectivity index (χ3v) is 3.18. The van der Waals surface area contributed by atoms with Crippen LogP contribution >= 0.6 is 15.9 Å². The van der Waals surface area contributed by atoms with Crippen molar-refractivity contribution in [2.75, 3.05) is 24.5 Å². The summed E-state index contributed by atoms with van der Waals surface area (Å²) in [6, 6.07) is 5.63. The van der Waals surface area contributed by atoms with Crippen LogP contribution in [-0.4, -0.2) is 23.8 Å². The highest BCUT2D eigenvalue weighted by Crippen LogP contribution is 2.35. The molecule has 1 aliphatic heterocycles. The zero-order valence-electron chi connectivity index (χ0n) is 10.1. The number of nitrogens with one attached hydrogen (secondary N) is 2. The molecule has 2 N–H and O–H groups in total. The van der Waals surface area contributed by atoms with Crippen molar-refractivity contribution in [3.8, 4) is 11.5 Å². The third kappa shape index (κ3) is 2.41. The smallest absolute Gasteiger partial charge is 0.231 e. The highest BCUT2D eigenvalue weighted by atomic mass is 79.9. The first-order valence-corrected chi connectivity index (χ1v) is 6.42. The van der Waals surface area contributed by atoms with Crippen LogP contribution < -0.4 is 20.1 Å². The Morgan fingerprint density at radius 3 is 2.95 bits per heavy atom. The van der Waals surface area contributed by atoms with Crippen molar-refractivity contribution in [1.82, 2.24) is 9.97 Å². The van der Waals surface area contributed by atoms with E-state index in [1.54, 1.807) is 13.2 Å². The highest BCUT2D eigenvalue weighted by Gasteiger charge is 2.14. The zero-order chi connectivity index (χ0) is 13.2. The first-order valence-electron chi connectivity index (χ1n) is 5.63. The summed E-state index contributed by atoms with van der Waals surface area (Å²) in [4.78, 5) is 8.43. The van der Waals surface area contributed by atoms with E-state index in [1.165, 1.54) is 0 Å². The van der Waals surface area contributed by atoms with Gasteiger partial charge in [-0.3, -0.25) is 0 Å². The van der Waals surface area contributed by atoms with E-state index in [0.29, 0.717) is 11.8 Å². The average Bonchev–Trinajstić information content (AvgIpc) is 2.89. The van der Waals surface area contributed by atoms with Gasteiger partial charge in [-0.05, 0) is 28.1 Å². The Labute approximate surface area is 118 Å². The molecule has 0 spiro atoms. The van der Waals surface area contributed by atoms with Gasteiger partial charge in [-0.15, -0.1) is 0 Å². The number of nitrogens with zero attached hydrogens (tertiary/aromatic N) is 2. The summed E-state index contributed by atoms with van der Waals surface area (Å²) in [5, 5.41) is 6.10. The van der Waals surface area contributed by atoms with E-state index in [4.69, 9.17) is 9.47 Å². The summed E-state index contributed by atoms with van der Waals surface area (Å²) >= 11 is 3.41. The number of fused-ring (bicyclic) bond motifs is 1. The monoisotopic (exact) mass is 322 g/mol. The van der Waals surface area contributed by atoms with Crippen molar-refractivity contribution in [2.24, 2.45) is 0 Å². The van der Waals surface area contributed by atoms with E-state index >= 15 is 0 Å². The second-order valence-corrected chi connectivity index (χ2v) is 4.69. The molecule has 2 aromatic rings. The van der Waals surface area contributed by atoms with Crippen LogP contribution in [0.1, 0.15) is 0 Å². The van der Waals surface area contributed by atoms with Crippen molar-refractivity contribution in [3.05, 3.63) is 28.9 Å². The molecule has 2 heterocycles. The lowest BCUT2D eigenvalue weighted by Crippen LogP contribution is -2.01. The second-order valence-electron chi connectivity index (χ2n) is 3.83. The fourth-order valence-corrected chi connectivity index (χ4v) is 1.98. The fraction of sp³-hybridized carbons (Fsp3) is 0.167. The van der Waals surface area contributed by atoms with Crippen molar-refractivity contribution in [3.63, 3.8) is 0 Å². The highest BCUT2D eigenvalue weighted by molar-refractivity contribution is 9.10. The van der Waals surface area contributed by atoms with Crippen LogP contribution in [0.3, 0.4) is 0 Å². The van der Waals surface area contributed by atoms with E-state index in [2.05, 4.69) is 36.5 Å². The molecule has 0 unspecified atom stereocenters. The second kappa shape index (κ2) is 4.93. The Hall–Kier alpha value is -2.02. The van der Waals surface area contributed by atoms with Crippen LogP contribution in [0.25, 0.3) is 0 Å². The Kier molecular flexibility index (Phi) is 3.12. The van der Waals surface area contributed by atoms with Crippen LogP contribution in [0.5, 0.6) is 11.5 Å². The first kappa shape index (κ1) is 12.0. The first-order chi connectivity index (χ1) is 9.26. The van der Waals surface area contributed by atoms with Gasteiger partial charge in [0.15, 0.2) is 11.5 Å². The minimum absolute atomic E-state index is 0.264. The molecule has 1 aromatic heterocycles. The number of hydrogen-bond acceptors (Lipinski definition) is 6. The topological polar surface area (TPSA) is 68.3 Å². The number of halogens is 1. The molecular weight excluding hydrogens is 312 g/mol. The van der Waals surface area contributed by atoms with Crippen molar-refractivity contribution in [1.29, 1.82) is 0 Å². The predicted molar refractivity (Wildman–Crippen MR) is 75.1 cm³/mol. The molecule has 1 aliphatic rings. The molecule has 0 bridgehead atoms. The molecule has 0 amide bonds. The van der Waals surface area contributed by atoms with E-state index in [0.717, 1.165) is 21.7 Å². The number of rotatable bonds is 3. The maximum atomic E-state index is 5.33. The summed E-state index contributed by atoms with van der Waals surface area (Å²) in [5.41, 5.74) is 0.866. The molecule has 98 valence electrons. The molecule has 19 heavy (non-hydrogen) atoms. The normalized spacial score (nSPS) is 12.3. The van der Waals surface area contributed by atoms with Gasteiger partial charge < -0.3 is 20.1 Å². The summed E-state index contributed by atoms with van der Waals surface area (Å²) < 4.78 is 11.4. The Balaban J connectivity index is 1.88. The van der Waals surface area contributed by atoms with Gasteiger partial charge in [-0.25, -0.2) is 4.98 Å². The lowest BCUT2D eigenvalue weighted by molar-refractivity contribution is 0.174. The fourth-order valence-electron chi connectivity index (χ4n) is 1.69. The Morgan fingerprint density at radius 1 is 1.26 bits per heavy atom. The van der Waals surface area contributed by atoms with Gasteiger partial charge in [0.1, 0.15) is 5.82 Å². The van der Waals surface area contributed by atoms with Crippen LogP contribution in [0.4, 0.5) is 17.5 Å². The van der Waals surface area contributed by atoms with Gasteiger partial charge in [-0.2, -0.15) is 4.98 Å². The number of aromatic nitrogens is 2. The predicted octanol–water partition coefficient (Wildman–Crippen LogP) is 2.75. The van der Waals surface area contributed by atoms with Gasteiger partial charge in [0.05, 0.1) is 4.47 Å². The van der Waals surface area contributed by atoms with Crippen LogP contribution in [-0.2, 0) is 0 Å². The molecule has 7 heteroatoms. The van der Waals surface area contributed by atoms with E-state index in [1.807, 2.05) is 18.2 Å². The van der Waals surface area contributed by atoms with Gasteiger partial charge in [0.2, 0.25) is 12.7 Å². The molecule has 0 fully saturated rings. The minimum atomic E-state index is 0.264. The standard InChI is InChI=1S/C12H11BrN4O2/c1-14-12-15-5-8(13)11(17-12)16-7-2-3-9-10(4-7)19-6-18-9/h2-5H,6H2,1H3,(H2,14,15,16,17). The Morgan fingerprint density at radius 2 is 2.11 bits per heavy atom. The number of anilines is 3. The molecule has 0 saturated carbocycles. The molecule has 0 saturated heterocycles. The van der Waals surface area contributed by atoms with Crippen molar-refractivity contribution < 1.29 is 9.47 Å². The summed E-state index contributed by atoms with van der Waals surface area (Å²) in [6.45, 7) is 0.264. The lowest BCUT2D eigenvalue weighted by Gasteiger charge is -2.09. The molecule has 0 atom stereocenters. The minimum Gasteiger partial charge on any atom is -0.454 e. The lowest BCUT2D eigenvalue weighted by atomic mass is 10.3. The van der Waals surface area contributed by atoms with Crippen molar-refractivity contribution in [2.45, 2.75) is 0 Å². The van der Waals surface area contributed by atoms with Gasteiger partial charge in [0.25, 0.3) is 0 Å². The van der Waals surface area contributed by atoms with E-state index in [9.17, 15) is 0 Å². The average molecular weight is 323 g/mol. The SMILES string of the molecule is CNc1ncc(Br)c(Nc2ccc3c(c2)OCO3)n1. The molecular formula is C12H11BrN4O2. The quantitative estimate of drug-likeness (QED) is 0.905. The number of hydrogen-bond donors (Lipinski definition) is 2. The molecule has 6 nitrogen and oxygen atoms in total. The zero-order valence-corrected chi connectivity index (χ0v) is 11.7. The van der Waals surface area contributed by atoms with Gasteiger partial charge in [-0.1, -0.05) is 0 Å². The van der Waals surface area contributed by atoms with Crippen LogP contribution in [0.2, 0.25) is 0 Å². The van der Waals surface area contributed by atoms with Crippen LogP contribution in [0, 0.1) is 0 Å². The molecule has 3 rings (SSSR count). The molecule has 0 radical (unpaired) electrons. The van der Waals surface area contributed by atoms with Gasteiger partial charge >= 0.3 is 0 Å². The Bertz CT molecular complexity index is 621.